The molecule has 0 aromatic heterocycles. The Morgan fingerprint density at radius 2 is 1.91 bits per heavy atom. The number of halogens is 1. The largest absolute Gasteiger partial charge is 0.0704 e. The number of rotatable bonds is 2. The molecule has 1 aromatic rings. The molecule has 0 nitrogen and oxygen atoms in total. The van der Waals surface area contributed by atoms with Crippen molar-refractivity contribution >= 4 is 15.9 Å². The highest BCUT2D eigenvalue weighted by Crippen LogP contribution is 2.15. The van der Waals surface area contributed by atoms with Gasteiger partial charge in [-0.3, -0.25) is 0 Å². The van der Waals surface area contributed by atoms with Gasteiger partial charge in [-0.05, 0) is 16.5 Å². The van der Waals surface area contributed by atoms with Crippen LogP contribution < -0.4 is 0 Å². The molecule has 11 heavy (non-hydrogen) atoms. The summed E-state index contributed by atoms with van der Waals surface area (Å²) in [6.07, 6.45) is 2.12. The van der Waals surface area contributed by atoms with Crippen molar-refractivity contribution in [1.29, 1.82) is 0 Å². The van der Waals surface area contributed by atoms with Crippen LogP contribution in [-0.4, -0.2) is 0 Å². The Hall–Kier alpha value is -0.560. The minimum absolute atomic E-state index is 0.496. The zero-order valence-corrected chi connectivity index (χ0v) is 8.08. The summed E-state index contributed by atoms with van der Waals surface area (Å²) >= 11 is 3.27. The molecule has 0 aliphatic carbocycles. The van der Waals surface area contributed by atoms with E-state index in [0.717, 1.165) is 0 Å². The molecule has 1 unspecified atom stereocenters. The van der Waals surface area contributed by atoms with Crippen LogP contribution >= 0.6 is 15.9 Å². The first kappa shape index (κ1) is 8.54. The average Bonchev–Trinajstić information content (AvgIpc) is 2.07. The third kappa shape index (κ3) is 2.51. The van der Waals surface area contributed by atoms with Gasteiger partial charge in [-0.25, -0.2) is 0 Å². The van der Waals surface area contributed by atoms with Crippen molar-refractivity contribution in [3.63, 3.8) is 0 Å². The predicted octanol–water partition coefficient (Wildman–Crippen LogP) is 3.70. The summed E-state index contributed by atoms with van der Waals surface area (Å²) in [4.78, 5) is 1.91. The van der Waals surface area contributed by atoms with E-state index >= 15 is 0 Å². The summed E-state index contributed by atoms with van der Waals surface area (Å²) < 4.78 is 0. The lowest BCUT2D eigenvalue weighted by molar-refractivity contribution is 0.970. The minimum Gasteiger partial charge on any atom is -0.0704 e. The fourth-order valence-corrected chi connectivity index (χ4v) is 1.43. The lowest BCUT2D eigenvalue weighted by Crippen LogP contribution is -1.86. The highest BCUT2D eigenvalue weighted by molar-refractivity contribution is 9.11. The van der Waals surface area contributed by atoms with E-state index in [0.29, 0.717) is 5.92 Å². The van der Waals surface area contributed by atoms with Crippen LogP contribution in [0.4, 0.5) is 0 Å². The van der Waals surface area contributed by atoms with Crippen LogP contribution in [0.1, 0.15) is 18.4 Å². The molecule has 1 rings (SSSR count). The number of allylic oxidation sites excluding steroid dienone is 1. The lowest BCUT2D eigenvalue weighted by Gasteiger charge is -2.04. The molecule has 0 aliphatic rings. The van der Waals surface area contributed by atoms with Crippen LogP contribution in [0.5, 0.6) is 0 Å². The quantitative estimate of drug-likeness (QED) is 0.699. The average molecular weight is 211 g/mol. The molecule has 0 aliphatic heterocycles. The summed E-state index contributed by atoms with van der Waals surface area (Å²) in [7, 11) is 0. The lowest BCUT2D eigenvalue weighted by atomic mass is 10.0. The smallest absolute Gasteiger partial charge is 0.000220 e. The number of benzene rings is 1. The van der Waals surface area contributed by atoms with Crippen molar-refractivity contribution in [3.8, 4) is 0 Å². The first-order valence-corrected chi connectivity index (χ1v) is 4.58. The molecule has 1 atom stereocenters. The maximum Gasteiger partial charge on any atom is -0.000220 e. The van der Waals surface area contributed by atoms with Crippen LogP contribution in [-0.2, 0) is 0 Å². The summed E-state index contributed by atoms with van der Waals surface area (Å²) in [6.45, 7) is 2.17. The Balaban J connectivity index is 2.76. The van der Waals surface area contributed by atoms with E-state index in [9.17, 15) is 0 Å². The number of hydrogen-bond donors (Lipinski definition) is 0. The Labute approximate surface area is 76.1 Å². The van der Waals surface area contributed by atoms with Gasteiger partial charge in [-0.15, -0.1) is 0 Å². The van der Waals surface area contributed by atoms with E-state index in [1.165, 1.54) is 5.56 Å². The fourth-order valence-electron chi connectivity index (χ4n) is 0.977. The second-order valence-corrected chi connectivity index (χ2v) is 3.05. The molecule has 0 spiro atoms. The molecule has 0 heterocycles. The first-order chi connectivity index (χ1) is 5.34. The van der Waals surface area contributed by atoms with Gasteiger partial charge in [-0.1, -0.05) is 59.3 Å². The topological polar surface area (TPSA) is 0 Å². The molecule has 0 N–H and O–H groups in total. The minimum atomic E-state index is 0.496. The Morgan fingerprint density at radius 3 is 2.45 bits per heavy atom. The highest BCUT2D eigenvalue weighted by Gasteiger charge is 1.97. The summed E-state index contributed by atoms with van der Waals surface area (Å²) in [5.74, 6) is 0.496. The van der Waals surface area contributed by atoms with Gasteiger partial charge < -0.3 is 0 Å². The maximum absolute atomic E-state index is 3.27. The third-order valence-corrected chi connectivity index (χ3v) is 1.99. The highest BCUT2D eigenvalue weighted by atomic mass is 79.9. The van der Waals surface area contributed by atoms with Gasteiger partial charge in [0.15, 0.2) is 0 Å². The standard InChI is InChI=1S/C10H11Br/c1-9(7-8-11)10-5-3-2-4-6-10/h2-9H,1H3/b8-7+. The SMILES string of the molecule is CC(/C=C/Br)c1ccccc1. The molecular formula is C10H11Br. The number of hydrogen-bond acceptors (Lipinski definition) is 0. The van der Waals surface area contributed by atoms with Gasteiger partial charge in [0.1, 0.15) is 0 Å². The van der Waals surface area contributed by atoms with Gasteiger partial charge in [0.2, 0.25) is 0 Å². The van der Waals surface area contributed by atoms with Gasteiger partial charge in [0.05, 0.1) is 0 Å². The summed E-state index contributed by atoms with van der Waals surface area (Å²) in [5, 5.41) is 0. The zero-order chi connectivity index (χ0) is 8.10. The second-order valence-electron chi connectivity index (χ2n) is 2.52. The van der Waals surface area contributed by atoms with E-state index in [1.807, 2.05) is 11.1 Å². The van der Waals surface area contributed by atoms with Crippen molar-refractivity contribution in [3.05, 3.63) is 47.0 Å². The Morgan fingerprint density at radius 1 is 1.27 bits per heavy atom. The molecule has 0 bridgehead atoms. The van der Waals surface area contributed by atoms with E-state index < -0.39 is 0 Å². The van der Waals surface area contributed by atoms with Crippen LogP contribution in [0.2, 0.25) is 0 Å². The van der Waals surface area contributed by atoms with Crippen LogP contribution in [0.25, 0.3) is 0 Å². The second kappa shape index (κ2) is 4.35. The molecule has 0 saturated carbocycles. The van der Waals surface area contributed by atoms with E-state index in [1.54, 1.807) is 0 Å². The van der Waals surface area contributed by atoms with Crippen molar-refractivity contribution in [2.75, 3.05) is 0 Å². The normalized spacial score (nSPS) is 13.6. The summed E-state index contributed by atoms with van der Waals surface area (Å²) in [6, 6.07) is 10.4. The molecule has 1 heteroatoms. The van der Waals surface area contributed by atoms with Gasteiger partial charge in [-0.2, -0.15) is 0 Å². The molecule has 1 aromatic carbocycles. The molecular weight excluding hydrogens is 200 g/mol. The van der Waals surface area contributed by atoms with Crippen LogP contribution in [0, 0.1) is 0 Å². The van der Waals surface area contributed by atoms with Crippen molar-refractivity contribution in [2.24, 2.45) is 0 Å². The molecule has 0 radical (unpaired) electrons. The van der Waals surface area contributed by atoms with Gasteiger partial charge in [0, 0.05) is 0 Å². The van der Waals surface area contributed by atoms with Gasteiger partial charge in [0.25, 0.3) is 0 Å². The van der Waals surface area contributed by atoms with Crippen LogP contribution in [0.15, 0.2) is 41.4 Å². The Bertz CT molecular complexity index is 226. The fraction of sp³-hybridized carbons (Fsp3) is 0.200. The molecule has 58 valence electrons. The Kier molecular flexibility index (Phi) is 3.37. The monoisotopic (exact) mass is 210 g/mol. The zero-order valence-electron chi connectivity index (χ0n) is 6.50. The van der Waals surface area contributed by atoms with Crippen molar-refractivity contribution < 1.29 is 0 Å². The van der Waals surface area contributed by atoms with Crippen molar-refractivity contribution in [2.45, 2.75) is 12.8 Å². The molecule has 0 saturated heterocycles. The van der Waals surface area contributed by atoms with Crippen LogP contribution in [0.3, 0.4) is 0 Å². The van der Waals surface area contributed by atoms with Gasteiger partial charge >= 0.3 is 0 Å². The molecule has 0 fully saturated rings. The van der Waals surface area contributed by atoms with E-state index in [4.69, 9.17) is 0 Å². The van der Waals surface area contributed by atoms with E-state index in [2.05, 4.69) is 53.2 Å². The van der Waals surface area contributed by atoms with E-state index in [-0.39, 0.29) is 0 Å². The molecule has 0 amide bonds. The third-order valence-electron chi connectivity index (χ3n) is 1.69. The summed E-state index contributed by atoms with van der Waals surface area (Å²) in [5.41, 5.74) is 1.35. The maximum atomic E-state index is 3.27. The predicted molar refractivity (Wildman–Crippen MR) is 52.9 cm³/mol. The first-order valence-electron chi connectivity index (χ1n) is 3.66. The van der Waals surface area contributed by atoms with Crippen molar-refractivity contribution in [1.82, 2.24) is 0 Å².